The Kier molecular flexibility index (Phi) is 2.51. The number of nitrogens with zero attached hydrogens (tertiary/aromatic N) is 1. The molecule has 1 heteroatoms. The molecule has 1 heterocycles. The van der Waals surface area contributed by atoms with Crippen LogP contribution in [0.5, 0.6) is 0 Å². The van der Waals surface area contributed by atoms with Crippen LogP contribution < -0.4 is 0 Å². The molecule has 1 aromatic heterocycles. The summed E-state index contributed by atoms with van der Waals surface area (Å²) >= 11 is 0. The van der Waals surface area contributed by atoms with Gasteiger partial charge in [0.25, 0.3) is 0 Å². The van der Waals surface area contributed by atoms with Crippen LogP contribution in [-0.4, -0.2) is 4.98 Å². The quantitative estimate of drug-likeness (QED) is 0.634. The lowest BCUT2D eigenvalue weighted by Crippen LogP contribution is -1.87. The largest absolute Gasteiger partial charge is 0.239 e. The number of hydrogen-bond donors (Lipinski definition) is 0. The minimum absolute atomic E-state index is 0.675. The van der Waals surface area contributed by atoms with Gasteiger partial charge in [0.2, 0.25) is 0 Å². The molecular formula is C14H11N. The Bertz CT molecular complexity index is 521. The molecule has 0 radical (unpaired) electrons. The van der Waals surface area contributed by atoms with Crippen molar-refractivity contribution in [1.29, 1.82) is 0 Å². The van der Waals surface area contributed by atoms with Crippen molar-refractivity contribution in [2.24, 2.45) is 0 Å². The Labute approximate surface area is 89.8 Å². The van der Waals surface area contributed by atoms with Gasteiger partial charge in [0.15, 0.2) is 0 Å². The second-order valence-electron chi connectivity index (χ2n) is 3.42. The van der Waals surface area contributed by atoms with Crippen LogP contribution in [0.4, 0.5) is 0 Å². The van der Waals surface area contributed by atoms with Crippen molar-refractivity contribution in [3.8, 4) is 23.6 Å². The SMILES string of the molecule is C#Cc1cccc(-c2cccc(C)c2)n1. The fourth-order valence-corrected chi connectivity index (χ4v) is 1.48. The van der Waals surface area contributed by atoms with Crippen LogP contribution in [0.2, 0.25) is 0 Å². The molecule has 72 valence electrons. The molecule has 0 N–H and O–H groups in total. The summed E-state index contributed by atoms with van der Waals surface area (Å²) < 4.78 is 0. The molecule has 0 fully saturated rings. The van der Waals surface area contributed by atoms with Crippen LogP contribution >= 0.6 is 0 Å². The van der Waals surface area contributed by atoms with Crippen LogP contribution in [0, 0.1) is 19.3 Å². The van der Waals surface area contributed by atoms with Crippen molar-refractivity contribution >= 4 is 0 Å². The minimum atomic E-state index is 0.675. The van der Waals surface area contributed by atoms with E-state index in [1.807, 2.05) is 30.3 Å². The monoisotopic (exact) mass is 193 g/mol. The van der Waals surface area contributed by atoms with Gasteiger partial charge in [-0.2, -0.15) is 0 Å². The van der Waals surface area contributed by atoms with E-state index in [9.17, 15) is 0 Å². The van der Waals surface area contributed by atoms with E-state index in [1.54, 1.807) is 0 Å². The van der Waals surface area contributed by atoms with Gasteiger partial charge in [0.05, 0.1) is 5.69 Å². The van der Waals surface area contributed by atoms with E-state index in [-0.39, 0.29) is 0 Å². The van der Waals surface area contributed by atoms with E-state index in [4.69, 9.17) is 6.42 Å². The van der Waals surface area contributed by atoms with E-state index in [1.165, 1.54) is 5.56 Å². The number of hydrogen-bond acceptors (Lipinski definition) is 1. The summed E-state index contributed by atoms with van der Waals surface area (Å²) in [6.07, 6.45) is 5.31. The molecule has 0 aliphatic carbocycles. The Balaban J connectivity index is 2.50. The zero-order valence-electron chi connectivity index (χ0n) is 8.57. The minimum Gasteiger partial charge on any atom is -0.239 e. The molecule has 0 bridgehead atoms. The van der Waals surface area contributed by atoms with Gasteiger partial charge in [-0.05, 0) is 25.1 Å². The maximum absolute atomic E-state index is 5.31. The zero-order chi connectivity index (χ0) is 10.7. The van der Waals surface area contributed by atoms with Gasteiger partial charge in [0.1, 0.15) is 5.69 Å². The summed E-state index contributed by atoms with van der Waals surface area (Å²) in [4.78, 5) is 4.37. The number of rotatable bonds is 1. The Morgan fingerprint density at radius 2 is 1.93 bits per heavy atom. The molecule has 1 nitrogen and oxygen atoms in total. The van der Waals surface area contributed by atoms with E-state index in [0.29, 0.717) is 5.69 Å². The fourth-order valence-electron chi connectivity index (χ4n) is 1.48. The van der Waals surface area contributed by atoms with Crippen molar-refractivity contribution in [2.45, 2.75) is 6.92 Å². The molecule has 0 unspecified atom stereocenters. The van der Waals surface area contributed by atoms with Gasteiger partial charge in [0, 0.05) is 5.56 Å². The highest BCUT2D eigenvalue weighted by Crippen LogP contribution is 2.17. The molecule has 1 aromatic carbocycles. The average Bonchev–Trinajstić information content (AvgIpc) is 2.29. The summed E-state index contributed by atoms with van der Waals surface area (Å²) in [5, 5.41) is 0. The molecule has 0 spiro atoms. The first-order valence-electron chi connectivity index (χ1n) is 4.80. The average molecular weight is 193 g/mol. The molecule has 0 aliphatic heterocycles. The highest BCUT2D eigenvalue weighted by molar-refractivity contribution is 5.60. The Morgan fingerprint density at radius 3 is 2.67 bits per heavy atom. The van der Waals surface area contributed by atoms with Gasteiger partial charge < -0.3 is 0 Å². The lowest BCUT2D eigenvalue weighted by atomic mass is 10.1. The standard InChI is InChI=1S/C14H11N/c1-3-13-8-5-9-14(15-13)12-7-4-6-11(2)10-12/h1,4-10H,2H3. The van der Waals surface area contributed by atoms with E-state index >= 15 is 0 Å². The number of aromatic nitrogens is 1. The highest BCUT2D eigenvalue weighted by Gasteiger charge is 1.99. The van der Waals surface area contributed by atoms with Crippen LogP contribution in [0.15, 0.2) is 42.5 Å². The van der Waals surface area contributed by atoms with Crippen molar-refractivity contribution in [3.63, 3.8) is 0 Å². The van der Waals surface area contributed by atoms with Crippen molar-refractivity contribution in [3.05, 3.63) is 53.7 Å². The first kappa shape index (κ1) is 9.48. The van der Waals surface area contributed by atoms with Crippen molar-refractivity contribution in [1.82, 2.24) is 4.98 Å². The molecule has 0 amide bonds. The van der Waals surface area contributed by atoms with Gasteiger partial charge in [-0.1, -0.05) is 35.7 Å². The normalized spacial score (nSPS) is 9.60. The number of terminal acetylenes is 1. The summed E-state index contributed by atoms with van der Waals surface area (Å²) in [5.74, 6) is 2.54. The van der Waals surface area contributed by atoms with Crippen LogP contribution in [-0.2, 0) is 0 Å². The zero-order valence-corrected chi connectivity index (χ0v) is 8.57. The lowest BCUT2D eigenvalue weighted by Gasteiger charge is -2.02. The summed E-state index contributed by atoms with van der Waals surface area (Å²) in [5.41, 5.74) is 3.93. The van der Waals surface area contributed by atoms with Crippen LogP contribution in [0.25, 0.3) is 11.3 Å². The predicted octanol–water partition coefficient (Wildman–Crippen LogP) is 3.04. The third kappa shape index (κ3) is 2.05. The second kappa shape index (κ2) is 3.98. The first-order valence-corrected chi connectivity index (χ1v) is 4.80. The molecule has 2 aromatic rings. The summed E-state index contributed by atoms with van der Waals surface area (Å²) in [6, 6.07) is 14.0. The lowest BCUT2D eigenvalue weighted by molar-refractivity contribution is 1.28. The predicted molar refractivity (Wildman–Crippen MR) is 62.3 cm³/mol. The third-order valence-corrected chi connectivity index (χ3v) is 2.21. The number of pyridine rings is 1. The number of aryl methyl sites for hydroxylation is 1. The van der Waals surface area contributed by atoms with Crippen LogP contribution in [0.1, 0.15) is 11.3 Å². The maximum atomic E-state index is 5.31. The molecule has 15 heavy (non-hydrogen) atoms. The molecule has 0 saturated heterocycles. The van der Waals surface area contributed by atoms with Gasteiger partial charge >= 0.3 is 0 Å². The van der Waals surface area contributed by atoms with Crippen molar-refractivity contribution < 1.29 is 0 Å². The molecule has 0 saturated carbocycles. The molecule has 0 atom stereocenters. The molecular weight excluding hydrogens is 182 g/mol. The smallest absolute Gasteiger partial charge is 0.113 e. The second-order valence-corrected chi connectivity index (χ2v) is 3.42. The van der Waals surface area contributed by atoms with Crippen molar-refractivity contribution in [2.75, 3.05) is 0 Å². The highest BCUT2D eigenvalue weighted by atomic mass is 14.7. The molecule has 2 rings (SSSR count). The summed E-state index contributed by atoms with van der Waals surface area (Å²) in [7, 11) is 0. The Hall–Kier alpha value is -2.07. The topological polar surface area (TPSA) is 12.9 Å². The van der Waals surface area contributed by atoms with E-state index in [0.717, 1.165) is 11.3 Å². The molecule has 0 aliphatic rings. The fraction of sp³-hybridized carbons (Fsp3) is 0.0714. The van der Waals surface area contributed by atoms with Gasteiger partial charge in [-0.3, -0.25) is 0 Å². The first-order chi connectivity index (χ1) is 7.29. The Morgan fingerprint density at radius 1 is 1.13 bits per heavy atom. The summed E-state index contributed by atoms with van der Waals surface area (Å²) in [6.45, 7) is 2.06. The number of benzene rings is 1. The third-order valence-electron chi connectivity index (χ3n) is 2.21. The van der Waals surface area contributed by atoms with E-state index < -0.39 is 0 Å². The van der Waals surface area contributed by atoms with Crippen LogP contribution in [0.3, 0.4) is 0 Å². The maximum Gasteiger partial charge on any atom is 0.113 e. The van der Waals surface area contributed by atoms with Gasteiger partial charge in [-0.25, -0.2) is 4.98 Å². The van der Waals surface area contributed by atoms with E-state index in [2.05, 4.69) is 30.0 Å². The van der Waals surface area contributed by atoms with Gasteiger partial charge in [-0.15, -0.1) is 6.42 Å².